The zero-order valence-electron chi connectivity index (χ0n) is 10.1. The highest BCUT2D eigenvalue weighted by Crippen LogP contribution is 2.18. The smallest absolute Gasteiger partial charge is 0.307 e. The van der Waals surface area contributed by atoms with Gasteiger partial charge in [0.15, 0.2) is 0 Å². The van der Waals surface area contributed by atoms with Gasteiger partial charge < -0.3 is 10.8 Å². The molecule has 1 unspecified atom stereocenters. The highest BCUT2D eigenvalue weighted by Gasteiger charge is 2.07. The van der Waals surface area contributed by atoms with Gasteiger partial charge in [-0.15, -0.1) is 0 Å². The Morgan fingerprint density at radius 3 is 2.65 bits per heavy atom. The molecule has 1 rings (SSSR count). The van der Waals surface area contributed by atoms with Crippen molar-refractivity contribution in [2.75, 3.05) is 5.75 Å². The molecule has 4 heteroatoms. The molecule has 0 spiro atoms. The molecule has 1 aromatic carbocycles. The van der Waals surface area contributed by atoms with E-state index in [1.54, 1.807) is 11.8 Å². The highest BCUT2D eigenvalue weighted by molar-refractivity contribution is 7.98. The maximum Gasteiger partial charge on any atom is 0.307 e. The lowest BCUT2D eigenvalue weighted by Crippen LogP contribution is -2.21. The zero-order chi connectivity index (χ0) is 12.7. The Bertz CT molecular complexity index is 368. The van der Waals surface area contributed by atoms with Gasteiger partial charge in [-0.25, -0.2) is 0 Å². The Balaban J connectivity index is 2.54. The summed E-state index contributed by atoms with van der Waals surface area (Å²) in [7, 11) is 0. The Morgan fingerprint density at radius 2 is 2.06 bits per heavy atom. The number of carboxylic acid groups (broad SMARTS) is 1. The monoisotopic (exact) mass is 253 g/mol. The summed E-state index contributed by atoms with van der Waals surface area (Å²) < 4.78 is 0. The zero-order valence-corrected chi connectivity index (χ0v) is 10.9. The van der Waals surface area contributed by atoms with E-state index in [0.29, 0.717) is 0 Å². The van der Waals surface area contributed by atoms with Gasteiger partial charge in [0.1, 0.15) is 0 Å². The van der Waals surface area contributed by atoms with Crippen molar-refractivity contribution in [3.05, 3.63) is 35.4 Å². The van der Waals surface area contributed by atoms with E-state index in [-0.39, 0.29) is 12.5 Å². The molecule has 3 N–H and O–H groups in total. The number of nitrogens with two attached hydrogens (primary N) is 1. The van der Waals surface area contributed by atoms with Crippen molar-refractivity contribution >= 4 is 17.7 Å². The lowest BCUT2D eigenvalue weighted by Gasteiger charge is -2.10. The third-order valence-electron chi connectivity index (χ3n) is 2.57. The summed E-state index contributed by atoms with van der Waals surface area (Å²) in [6.07, 6.45) is 1.07. The minimum atomic E-state index is -0.785. The molecule has 17 heavy (non-hydrogen) atoms. The molecule has 1 aromatic rings. The van der Waals surface area contributed by atoms with Gasteiger partial charge in [0, 0.05) is 17.5 Å². The molecule has 1 atom stereocenters. The lowest BCUT2D eigenvalue weighted by molar-refractivity contribution is -0.136. The number of benzene rings is 1. The molecule has 0 bridgehead atoms. The van der Waals surface area contributed by atoms with Gasteiger partial charge in [-0.05, 0) is 17.5 Å². The predicted molar refractivity (Wildman–Crippen MR) is 72.2 cm³/mol. The van der Waals surface area contributed by atoms with Crippen molar-refractivity contribution in [3.8, 4) is 0 Å². The van der Waals surface area contributed by atoms with Gasteiger partial charge in [-0.1, -0.05) is 31.2 Å². The SMILES string of the molecule is CCC(N)CSCc1ccccc1CC(=O)O. The van der Waals surface area contributed by atoms with Crippen LogP contribution in [0.4, 0.5) is 0 Å². The minimum Gasteiger partial charge on any atom is -0.481 e. The van der Waals surface area contributed by atoms with E-state index < -0.39 is 5.97 Å². The molecular weight excluding hydrogens is 234 g/mol. The van der Waals surface area contributed by atoms with Gasteiger partial charge in [0.2, 0.25) is 0 Å². The third kappa shape index (κ3) is 5.24. The van der Waals surface area contributed by atoms with Crippen LogP contribution in [0, 0.1) is 0 Å². The van der Waals surface area contributed by atoms with Crippen LogP contribution in [0.1, 0.15) is 24.5 Å². The quantitative estimate of drug-likeness (QED) is 0.782. The Labute approximate surface area is 106 Å². The number of hydrogen-bond acceptors (Lipinski definition) is 3. The minimum absolute atomic E-state index is 0.0938. The average Bonchev–Trinajstić information content (AvgIpc) is 2.30. The molecule has 0 aromatic heterocycles. The largest absolute Gasteiger partial charge is 0.481 e. The number of aliphatic carboxylic acids is 1. The summed E-state index contributed by atoms with van der Waals surface area (Å²) >= 11 is 1.76. The van der Waals surface area contributed by atoms with Gasteiger partial charge >= 0.3 is 5.97 Å². The van der Waals surface area contributed by atoms with Crippen molar-refractivity contribution in [2.24, 2.45) is 5.73 Å². The Kier molecular flexibility index (Phi) is 6.08. The van der Waals surface area contributed by atoms with E-state index in [0.717, 1.165) is 29.1 Å². The normalized spacial score (nSPS) is 12.4. The average molecular weight is 253 g/mol. The molecule has 0 saturated carbocycles. The molecule has 3 nitrogen and oxygen atoms in total. The van der Waals surface area contributed by atoms with Gasteiger partial charge in [0.05, 0.1) is 6.42 Å². The first-order chi connectivity index (χ1) is 8.13. The second-order valence-corrected chi connectivity index (χ2v) is 5.05. The number of thioether (sulfide) groups is 1. The lowest BCUT2D eigenvalue weighted by atomic mass is 10.1. The van der Waals surface area contributed by atoms with Gasteiger partial charge in [0.25, 0.3) is 0 Å². The van der Waals surface area contributed by atoms with Crippen molar-refractivity contribution in [2.45, 2.75) is 31.6 Å². The topological polar surface area (TPSA) is 63.3 Å². The molecule has 0 aliphatic heterocycles. The number of carboxylic acids is 1. The summed E-state index contributed by atoms with van der Waals surface area (Å²) in [5.74, 6) is 0.961. The van der Waals surface area contributed by atoms with E-state index >= 15 is 0 Å². The van der Waals surface area contributed by atoms with E-state index in [4.69, 9.17) is 10.8 Å². The molecule has 0 aliphatic rings. The maximum absolute atomic E-state index is 10.7. The molecular formula is C13H19NO2S. The molecule has 0 aliphatic carbocycles. The number of rotatable bonds is 7. The standard InChI is InChI=1S/C13H19NO2S/c1-2-12(14)9-17-8-11-6-4-3-5-10(11)7-13(15)16/h3-6,12H,2,7-9,14H2,1H3,(H,15,16). The summed E-state index contributed by atoms with van der Waals surface area (Å²) in [5, 5.41) is 8.82. The van der Waals surface area contributed by atoms with Crippen LogP contribution in [0.2, 0.25) is 0 Å². The first-order valence-corrected chi connectivity index (χ1v) is 6.90. The van der Waals surface area contributed by atoms with Crippen molar-refractivity contribution in [1.29, 1.82) is 0 Å². The molecule has 0 radical (unpaired) electrons. The van der Waals surface area contributed by atoms with E-state index in [1.807, 2.05) is 24.3 Å². The van der Waals surface area contributed by atoms with Crippen LogP contribution in [0.5, 0.6) is 0 Å². The van der Waals surface area contributed by atoms with Crippen LogP contribution in [-0.4, -0.2) is 22.9 Å². The first kappa shape index (κ1) is 14.1. The fourth-order valence-corrected chi connectivity index (χ4v) is 2.63. The fourth-order valence-electron chi connectivity index (χ4n) is 1.47. The summed E-state index contributed by atoms with van der Waals surface area (Å²) in [6, 6.07) is 7.92. The second kappa shape index (κ2) is 7.35. The fraction of sp³-hybridized carbons (Fsp3) is 0.462. The van der Waals surface area contributed by atoms with E-state index in [9.17, 15) is 4.79 Å². The molecule has 0 heterocycles. The van der Waals surface area contributed by atoms with Crippen LogP contribution >= 0.6 is 11.8 Å². The number of hydrogen-bond donors (Lipinski definition) is 2. The Morgan fingerprint density at radius 1 is 1.41 bits per heavy atom. The summed E-state index contributed by atoms with van der Waals surface area (Å²) in [6.45, 7) is 2.07. The molecule has 0 amide bonds. The van der Waals surface area contributed by atoms with Crippen LogP contribution in [-0.2, 0) is 17.0 Å². The Hall–Kier alpha value is -1.00. The van der Waals surface area contributed by atoms with Crippen LogP contribution in [0.25, 0.3) is 0 Å². The van der Waals surface area contributed by atoms with Crippen LogP contribution < -0.4 is 5.73 Å². The first-order valence-electron chi connectivity index (χ1n) is 5.75. The number of carbonyl (C=O) groups is 1. The predicted octanol–water partition coefficient (Wildman–Crippen LogP) is 2.28. The van der Waals surface area contributed by atoms with Crippen LogP contribution in [0.15, 0.2) is 24.3 Å². The maximum atomic E-state index is 10.7. The van der Waals surface area contributed by atoms with Gasteiger partial charge in [-0.2, -0.15) is 11.8 Å². The van der Waals surface area contributed by atoms with Gasteiger partial charge in [-0.3, -0.25) is 4.79 Å². The third-order valence-corrected chi connectivity index (χ3v) is 3.75. The van der Waals surface area contributed by atoms with E-state index in [1.165, 1.54) is 0 Å². The summed E-state index contributed by atoms with van der Waals surface area (Å²) in [5.41, 5.74) is 7.84. The van der Waals surface area contributed by atoms with Crippen molar-refractivity contribution in [1.82, 2.24) is 0 Å². The van der Waals surface area contributed by atoms with Crippen LogP contribution in [0.3, 0.4) is 0 Å². The van der Waals surface area contributed by atoms with E-state index in [2.05, 4.69) is 6.92 Å². The molecule has 0 fully saturated rings. The highest BCUT2D eigenvalue weighted by atomic mass is 32.2. The second-order valence-electron chi connectivity index (χ2n) is 4.02. The molecule has 0 saturated heterocycles. The van der Waals surface area contributed by atoms with Crippen molar-refractivity contribution < 1.29 is 9.90 Å². The molecule has 94 valence electrons. The summed E-state index contributed by atoms with van der Waals surface area (Å²) in [4.78, 5) is 10.7. The van der Waals surface area contributed by atoms with Crippen molar-refractivity contribution in [3.63, 3.8) is 0 Å².